The van der Waals surface area contributed by atoms with Crippen LogP contribution in [0.1, 0.15) is 16.7 Å². The number of nitrogens with zero attached hydrogens (tertiary/aromatic N) is 5. The van der Waals surface area contributed by atoms with Gasteiger partial charge in [-0.2, -0.15) is 0 Å². The fourth-order valence-corrected chi connectivity index (χ4v) is 7.71. The number of para-hydroxylation sites is 3. The zero-order valence-electron chi connectivity index (χ0n) is 29.4. The van der Waals surface area contributed by atoms with Crippen molar-refractivity contribution in [1.29, 1.82) is 0 Å². The SMILES string of the molecule is Cc1cc(C)c(N(c2ccc(-c3nnc(-c4ccccc4)n3-c3ccccc3)cc2)c2ccc(-n3c4ccccc4c4ccccc43)cc2)c(C)c1. The molecule has 0 spiro atoms. The lowest BCUT2D eigenvalue weighted by molar-refractivity contribution is 1.07. The van der Waals surface area contributed by atoms with Crippen molar-refractivity contribution in [1.82, 2.24) is 19.3 Å². The minimum absolute atomic E-state index is 0.793. The summed E-state index contributed by atoms with van der Waals surface area (Å²) in [5.74, 6) is 1.60. The number of aromatic nitrogens is 4. The maximum atomic E-state index is 4.74. The third-order valence-electron chi connectivity index (χ3n) is 9.90. The van der Waals surface area contributed by atoms with E-state index in [-0.39, 0.29) is 0 Å². The number of hydrogen-bond acceptors (Lipinski definition) is 3. The second-order valence-corrected chi connectivity index (χ2v) is 13.4. The highest BCUT2D eigenvalue weighted by Crippen LogP contribution is 2.41. The molecule has 0 amide bonds. The van der Waals surface area contributed by atoms with E-state index in [0.29, 0.717) is 0 Å². The summed E-state index contributed by atoms with van der Waals surface area (Å²) in [5, 5.41) is 11.9. The Balaban J connectivity index is 1.16. The van der Waals surface area contributed by atoms with Crippen molar-refractivity contribution in [2.45, 2.75) is 20.8 Å². The van der Waals surface area contributed by atoms with E-state index in [9.17, 15) is 0 Å². The molecular weight excluding hydrogens is 635 g/mol. The predicted octanol–water partition coefficient (Wildman–Crippen LogP) is 12.1. The summed E-state index contributed by atoms with van der Waals surface area (Å²) in [5.41, 5.74) is 13.6. The molecule has 0 fully saturated rings. The molecule has 0 unspecified atom stereocenters. The summed E-state index contributed by atoms with van der Waals surface area (Å²) in [6.45, 7) is 6.57. The van der Waals surface area contributed by atoms with Crippen LogP contribution in [0.2, 0.25) is 0 Å². The first-order valence-electron chi connectivity index (χ1n) is 17.7. The summed E-state index contributed by atoms with van der Waals surface area (Å²) in [7, 11) is 0. The highest BCUT2D eigenvalue weighted by Gasteiger charge is 2.21. The Hall–Kier alpha value is -6.72. The van der Waals surface area contributed by atoms with Gasteiger partial charge in [-0.25, -0.2) is 0 Å². The van der Waals surface area contributed by atoms with Crippen molar-refractivity contribution < 1.29 is 0 Å². The fraction of sp³-hybridized carbons (Fsp3) is 0.0638. The Morgan fingerprint density at radius 2 is 0.865 bits per heavy atom. The molecule has 5 nitrogen and oxygen atoms in total. The van der Waals surface area contributed by atoms with Gasteiger partial charge in [0.05, 0.1) is 16.7 Å². The molecule has 0 saturated heterocycles. The molecule has 0 atom stereocenters. The summed E-state index contributed by atoms with van der Waals surface area (Å²) in [6, 6.07) is 60.1. The quantitative estimate of drug-likeness (QED) is 0.169. The van der Waals surface area contributed by atoms with Gasteiger partial charge in [-0.05, 0) is 105 Å². The van der Waals surface area contributed by atoms with E-state index >= 15 is 0 Å². The average Bonchev–Trinajstić information content (AvgIpc) is 3.78. The van der Waals surface area contributed by atoms with E-state index in [4.69, 9.17) is 10.2 Å². The lowest BCUT2D eigenvalue weighted by Crippen LogP contribution is -2.13. The molecule has 9 aromatic rings. The van der Waals surface area contributed by atoms with Gasteiger partial charge >= 0.3 is 0 Å². The maximum absolute atomic E-state index is 4.74. The van der Waals surface area contributed by atoms with Gasteiger partial charge in [-0.15, -0.1) is 10.2 Å². The number of rotatable bonds is 7. The highest BCUT2D eigenvalue weighted by molar-refractivity contribution is 6.09. The van der Waals surface area contributed by atoms with Gasteiger partial charge in [0.2, 0.25) is 0 Å². The monoisotopic (exact) mass is 671 g/mol. The molecule has 0 aliphatic carbocycles. The summed E-state index contributed by atoms with van der Waals surface area (Å²) in [6.07, 6.45) is 0. The van der Waals surface area contributed by atoms with E-state index in [0.717, 1.165) is 45.5 Å². The van der Waals surface area contributed by atoms with Crippen molar-refractivity contribution in [2.24, 2.45) is 0 Å². The molecule has 9 rings (SSSR count). The van der Waals surface area contributed by atoms with Crippen LogP contribution in [0.4, 0.5) is 17.1 Å². The normalized spacial score (nSPS) is 11.4. The Labute approximate surface area is 303 Å². The third kappa shape index (κ3) is 5.35. The number of aryl methyl sites for hydroxylation is 3. The van der Waals surface area contributed by atoms with Crippen LogP contribution in [-0.2, 0) is 0 Å². The first-order valence-corrected chi connectivity index (χ1v) is 17.7. The molecular formula is C47H37N5. The van der Waals surface area contributed by atoms with E-state index in [2.05, 4.69) is 168 Å². The Morgan fingerprint density at radius 3 is 1.42 bits per heavy atom. The lowest BCUT2D eigenvalue weighted by Gasteiger charge is -2.29. The second kappa shape index (κ2) is 12.9. The summed E-state index contributed by atoms with van der Waals surface area (Å²) >= 11 is 0. The number of hydrogen-bond donors (Lipinski definition) is 0. The van der Waals surface area contributed by atoms with Crippen molar-refractivity contribution in [2.75, 3.05) is 4.90 Å². The van der Waals surface area contributed by atoms with Gasteiger partial charge in [0.25, 0.3) is 0 Å². The van der Waals surface area contributed by atoms with Crippen molar-refractivity contribution >= 4 is 38.9 Å². The van der Waals surface area contributed by atoms with Gasteiger partial charge < -0.3 is 9.47 Å². The minimum Gasteiger partial charge on any atom is -0.310 e. The molecule has 52 heavy (non-hydrogen) atoms. The van der Waals surface area contributed by atoms with Crippen LogP contribution < -0.4 is 4.90 Å². The van der Waals surface area contributed by atoms with Gasteiger partial charge in [-0.3, -0.25) is 4.57 Å². The molecule has 2 aromatic heterocycles. The van der Waals surface area contributed by atoms with Crippen LogP contribution in [0.5, 0.6) is 0 Å². The van der Waals surface area contributed by atoms with Crippen molar-refractivity contribution in [3.63, 3.8) is 0 Å². The highest BCUT2D eigenvalue weighted by atomic mass is 15.3. The fourth-order valence-electron chi connectivity index (χ4n) is 7.71. The van der Waals surface area contributed by atoms with Gasteiger partial charge in [0.15, 0.2) is 11.6 Å². The van der Waals surface area contributed by atoms with Gasteiger partial charge in [0, 0.05) is 44.6 Å². The van der Waals surface area contributed by atoms with Crippen LogP contribution in [-0.4, -0.2) is 19.3 Å². The Bertz CT molecular complexity index is 2610. The van der Waals surface area contributed by atoms with Crippen LogP contribution in [0.25, 0.3) is 56.0 Å². The molecule has 0 N–H and O–H groups in total. The van der Waals surface area contributed by atoms with E-state index < -0.39 is 0 Å². The second-order valence-electron chi connectivity index (χ2n) is 13.4. The van der Waals surface area contributed by atoms with E-state index in [1.54, 1.807) is 0 Å². The molecule has 0 aliphatic heterocycles. The average molecular weight is 672 g/mol. The maximum Gasteiger partial charge on any atom is 0.168 e. The molecule has 0 saturated carbocycles. The van der Waals surface area contributed by atoms with Crippen LogP contribution in [0, 0.1) is 20.8 Å². The van der Waals surface area contributed by atoms with E-state index in [1.807, 2.05) is 36.4 Å². The third-order valence-corrected chi connectivity index (χ3v) is 9.90. The smallest absolute Gasteiger partial charge is 0.168 e. The first-order chi connectivity index (χ1) is 25.5. The molecule has 7 aromatic carbocycles. The topological polar surface area (TPSA) is 38.9 Å². The molecule has 0 aliphatic rings. The lowest BCUT2D eigenvalue weighted by atomic mass is 10.0. The van der Waals surface area contributed by atoms with E-state index in [1.165, 1.54) is 44.2 Å². The van der Waals surface area contributed by atoms with Crippen molar-refractivity contribution in [3.05, 3.63) is 187 Å². The van der Waals surface area contributed by atoms with Crippen molar-refractivity contribution in [3.8, 4) is 34.2 Å². The van der Waals surface area contributed by atoms with Crippen LogP contribution in [0.3, 0.4) is 0 Å². The number of anilines is 3. The molecule has 250 valence electrons. The minimum atomic E-state index is 0.793. The van der Waals surface area contributed by atoms with Crippen LogP contribution in [0.15, 0.2) is 170 Å². The largest absolute Gasteiger partial charge is 0.310 e. The molecule has 5 heteroatoms. The molecule has 0 radical (unpaired) electrons. The summed E-state index contributed by atoms with van der Waals surface area (Å²) in [4.78, 5) is 2.38. The Kier molecular flexibility index (Phi) is 7.74. The molecule has 0 bridgehead atoms. The zero-order valence-corrected chi connectivity index (χ0v) is 29.4. The molecule has 2 heterocycles. The number of benzene rings is 7. The number of fused-ring (bicyclic) bond motifs is 3. The predicted molar refractivity (Wildman–Crippen MR) is 215 cm³/mol. The van der Waals surface area contributed by atoms with Gasteiger partial charge in [0.1, 0.15) is 0 Å². The standard InChI is InChI=1S/C47H37N5/c1-32-30-33(2)45(34(3)31-32)50(39-26-28-40(29-27-39)51-43-20-12-10-18-41(43)42-19-11-13-21-44(42)51)38-24-22-36(23-25-38)47-49-48-46(35-14-6-4-7-15-35)52(47)37-16-8-5-9-17-37/h4-31H,1-3H3. The zero-order chi connectivity index (χ0) is 35.2. The van der Waals surface area contributed by atoms with Crippen LogP contribution >= 0.6 is 0 Å². The summed E-state index contributed by atoms with van der Waals surface area (Å²) < 4.78 is 4.51. The van der Waals surface area contributed by atoms with Gasteiger partial charge in [-0.1, -0.05) is 103 Å². The Morgan fingerprint density at radius 1 is 0.423 bits per heavy atom. The first kappa shape index (κ1) is 31.3.